The average molecular weight is 166 g/mol. The van der Waals surface area contributed by atoms with Crippen LogP contribution in [0.5, 0.6) is 0 Å². The average Bonchev–Trinajstić information content (AvgIpc) is 2.42. The summed E-state index contributed by atoms with van der Waals surface area (Å²) in [6.45, 7) is 7.28. The topological polar surface area (TPSA) is 0 Å². The van der Waals surface area contributed by atoms with E-state index in [0.29, 0.717) is 0 Å². The first kappa shape index (κ1) is 8.59. The largest absolute Gasteiger partial charge is 0.0628 e. The first-order chi connectivity index (χ1) is 5.60. The maximum atomic E-state index is 2.54. The van der Waals surface area contributed by atoms with Gasteiger partial charge < -0.3 is 0 Å². The summed E-state index contributed by atoms with van der Waals surface area (Å²) in [7, 11) is 0. The van der Waals surface area contributed by atoms with E-state index in [2.05, 4.69) is 20.8 Å². The van der Waals surface area contributed by atoms with Crippen molar-refractivity contribution < 1.29 is 0 Å². The molecule has 2 aliphatic carbocycles. The fraction of sp³-hybridized carbons (Fsp3) is 1.00. The van der Waals surface area contributed by atoms with Crippen LogP contribution in [0.2, 0.25) is 0 Å². The molecule has 0 spiro atoms. The molecule has 12 heavy (non-hydrogen) atoms. The van der Waals surface area contributed by atoms with Gasteiger partial charge in [0, 0.05) is 0 Å². The lowest BCUT2D eigenvalue weighted by molar-refractivity contribution is 0.151. The van der Waals surface area contributed by atoms with Gasteiger partial charge in [0.1, 0.15) is 0 Å². The molecule has 3 unspecified atom stereocenters. The number of fused-ring (bicyclic) bond motifs is 2. The molecule has 0 N–H and O–H groups in total. The van der Waals surface area contributed by atoms with Crippen molar-refractivity contribution in [3.63, 3.8) is 0 Å². The third-order valence-electron chi connectivity index (χ3n) is 4.16. The van der Waals surface area contributed by atoms with Crippen molar-refractivity contribution in [3.05, 3.63) is 0 Å². The van der Waals surface area contributed by atoms with E-state index in [-0.39, 0.29) is 0 Å². The van der Waals surface area contributed by atoms with Crippen molar-refractivity contribution in [2.24, 2.45) is 23.2 Å². The first-order valence-corrected chi connectivity index (χ1v) is 5.60. The fourth-order valence-electron chi connectivity index (χ4n) is 3.90. The quantitative estimate of drug-likeness (QED) is 0.584. The number of hydrogen-bond donors (Lipinski definition) is 0. The molecule has 2 aliphatic rings. The summed E-state index contributed by atoms with van der Waals surface area (Å²) < 4.78 is 0. The van der Waals surface area contributed by atoms with Gasteiger partial charge in [-0.2, -0.15) is 0 Å². The van der Waals surface area contributed by atoms with E-state index in [9.17, 15) is 0 Å². The van der Waals surface area contributed by atoms with Crippen LogP contribution in [0, 0.1) is 23.2 Å². The zero-order valence-corrected chi connectivity index (χ0v) is 8.77. The molecule has 0 aliphatic heterocycles. The molecular weight excluding hydrogens is 144 g/mol. The Balaban J connectivity index is 2.03. The summed E-state index contributed by atoms with van der Waals surface area (Å²) >= 11 is 0. The van der Waals surface area contributed by atoms with Gasteiger partial charge in [-0.15, -0.1) is 0 Å². The van der Waals surface area contributed by atoms with Crippen molar-refractivity contribution >= 4 is 0 Å². The van der Waals surface area contributed by atoms with Gasteiger partial charge in [-0.05, 0) is 48.9 Å². The number of hydrogen-bond acceptors (Lipinski definition) is 0. The lowest BCUT2D eigenvalue weighted by atomic mass is 9.70. The highest BCUT2D eigenvalue weighted by atomic mass is 14.5. The van der Waals surface area contributed by atoms with Gasteiger partial charge in [-0.3, -0.25) is 0 Å². The van der Waals surface area contributed by atoms with E-state index in [1.807, 2.05) is 0 Å². The van der Waals surface area contributed by atoms with Gasteiger partial charge in [0.25, 0.3) is 0 Å². The van der Waals surface area contributed by atoms with Gasteiger partial charge >= 0.3 is 0 Å². The lowest BCUT2D eigenvalue weighted by Gasteiger charge is -2.35. The van der Waals surface area contributed by atoms with E-state index in [0.717, 1.165) is 23.2 Å². The van der Waals surface area contributed by atoms with Crippen LogP contribution in [0.3, 0.4) is 0 Å². The fourth-order valence-corrected chi connectivity index (χ4v) is 3.90. The molecule has 0 aromatic heterocycles. The van der Waals surface area contributed by atoms with E-state index < -0.39 is 0 Å². The smallest absolute Gasteiger partial charge is 0.0292 e. The zero-order valence-electron chi connectivity index (χ0n) is 8.77. The molecule has 3 atom stereocenters. The van der Waals surface area contributed by atoms with Crippen molar-refractivity contribution in [1.29, 1.82) is 0 Å². The third kappa shape index (κ3) is 1.30. The van der Waals surface area contributed by atoms with Crippen molar-refractivity contribution in [2.45, 2.75) is 52.9 Å². The van der Waals surface area contributed by atoms with Gasteiger partial charge in [0.2, 0.25) is 0 Å². The minimum absolute atomic E-state index is 0.733. The monoisotopic (exact) mass is 166 g/mol. The van der Waals surface area contributed by atoms with E-state index in [1.165, 1.54) is 19.3 Å². The van der Waals surface area contributed by atoms with Crippen molar-refractivity contribution in [3.8, 4) is 0 Å². The van der Waals surface area contributed by atoms with Gasteiger partial charge in [0.15, 0.2) is 0 Å². The van der Waals surface area contributed by atoms with Gasteiger partial charge in [0.05, 0.1) is 0 Å². The summed E-state index contributed by atoms with van der Waals surface area (Å²) in [5.74, 6) is 3.10. The normalized spacial score (nSPS) is 46.0. The van der Waals surface area contributed by atoms with Crippen LogP contribution in [0.15, 0.2) is 0 Å². The Morgan fingerprint density at radius 2 is 2.08 bits per heavy atom. The predicted molar refractivity (Wildman–Crippen MR) is 53.0 cm³/mol. The molecule has 2 fully saturated rings. The van der Waals surface area contributed by atoms with Crippen LogP contribution in [0.25, 0.3) is 0 Å². The second kappa shape index (κ2) is 2.75. The van der Waals surface area contributed by atoms with Crippen LogP contribution in [0.4, 0.5) is 0 Å². The third-order valence-corrected chi connectivity index (χ3v) is 4.16. The number of rotatable bonds is 2. The predicted octanol–water partition coefficient (Wildman–Crippen LogP) is 3.86. The summed E-state index contributed by atoms with van der Waals surface area (Å²) in [4.78, 5) is 0. The molecule has 0 aromatic carbocycles. The van der Waals surface area contributed by atoms with Crippen LogP contribution in [-0.4, -0.2) is 0 Å². The highest BCUT2D eigenvalue weighted by Gasteiger charge is 2.47. The van der Waals surface area contributed by atoms with Crippen LogP contribution in [0.1, 0.15) is 52.9 Å². The van der Waals surface area contributed by atoms with Crippen molar-refractivity contribution in [1.82, 2.24) is 0 Å². The Morgan fingerprint density at radius 1 is 1.33 bits per heavy atom. The highest BCUT2D eigenvalue weighted by Crippen LogP contribution is 2.58. The molecule has 2 saturated carbocycles. The molecule has 0 aromatic rings. The summed E-state index contributed by atoms with van der Waals surface area (Å²) in [5, 5.41) is 0. The Kier molecular flexibility index (Phi) is 1.97. The Labute approximate surface area is 76.7 Å². The molecule has 2 rings (SSSR count). The molecule has 0 nitrogen and oxygen atoms in total. The SMILES string of the molecule is CC(C)CC1(C)CC2CCC1C2. The summed E-state index contributed by atoms with van der Waals surface area (Å²) in [6, 6.07) is 0. The standard InChI is InChI=1S/C12H22/c1-9(2)7-12(3)8-10-4-5-11(12)6-10/h9-11H,4-8H2,1-3H3. The molecule has 0 heterocycles. The summed E-state index contributed by atoms with van der Waals surface area (Å²) in [6.07, 6.45) is 7.64. The van der Waals surface area contributed by atoms with Gasteiger partial charge in [-0.25, -0.2) is 0 Å². The molecule has 0 amide bonds. The van der Waals surface area contributed by atoms with Crippen LogP contribution in [-0.2, 0) is 0 Å². The molecule has 2 bridgehead atoms. The second-order valence-corrected chi connectivity index (χ2v) is 5.83. The molecule has 70 valence electrons. The van der Waals surface area contributed by atoms with Crippen molar-refractivity contribution in [2.75, 3.05) is 0 Å². The second-order valence-electron chi connectivity index (χ2n) is 5.83. The molecule has 0 saturated heterocycles. The van der Waals surface area contributed by atoms with Crippen LogP contribution < -0.4 is 0 Å². The minimum atomic E-state index is 0.733. The molecular formula is C12H22. The molecule has 0 radical (unpaired) electrons. The Hall–Kier alpha value is 0. The Morgan fingerprint density at radius 3 is 2.50 bits per heavy atom. The Bertz CT molecular complexity index is 171. The van der Waals surface area contributed by atoms with Gasteiger partial charge in [-0.1, -0.05) is 27.2 Å². The van der Waals surface area contributed by atoms with E-state index in [4.69, 9.17) is 0 Å². The van der Waals surface area contributed by atoms with Crippen LogP contribution >= 0.6 is 0 Å². The van der Waals surface area contributed by atoms with E-state index >= 15 is 0 Å². The zero-order chi connectivity index (χ0) is 8.77. The highest BCUT2D eigenvalue weighted by molar-refractivity contribution is 4.97. The summed E-state index contributed by atoms with van der Waals surface area (Å²) in [5.41, 5.74) is 0.733. The maximum absolute atomic E-state index is 2.54. The maximum Gasteiger partial charge on any atom is -0.0292 e. The lowest BCUT2D eigenvalue weighted by Crippen LogP contribution is -2.25. The molecule has 0 heteroatoms. The van der Waals surface area contributed by atoms with E-state index in [1.54, 1.807) is 12.8 Å². The minimum Gasteiger partial charge on any atom is -0.0628 e. The first-order valence-electron chi connectivity index (χ1n) is 5.60.